The zero-order chi connectivity index (χ0) is 10.6. The predicted octanol–water partition coefficient (Wildman–Crippen LogP) is 2.89. The van der Waals surface area contributed by atoms with Gasteiger partial charge in [-0.15, -0.1) is 0 Å². The van der Waals surface area contributed by atoms with Crippen molar-refractivity contribution in [3.63, 3.8) is 0 Å². The summed E-state index contributed by atoms with van der Waals surface area (Å²) in [5, 5.41) is 9.87. The molecule has 1 rings (SSSR count). The lowest BCUT2D eigenvalue weighted by Gasteiger charge is -2.19. The van der Waals surface area contributed by atoms with E-state index >= 15 is 0 Å². The highest BCUT2D eigenvalue weighted by Gasteiger charge is 2.16. The molecule has 74 valence electrons. The zero-order valence-corrected chi connectivity index (χ0v) is 8.48. The maximum atomic E-state index is 9.87. The van der Waals surface area contributed by atoms with Gasteiger partial charge >= 0.3 is 0 Å². The highest BCUT2D eigenvalue weighted by atomic mass is 16.3. The van der Waals surface area contributed by atoms with Crippen LogP contribution in [0.5, 0.6) is 0 Å². The molecule has 0 aromatic heterocycles. The first-order valence-corrected chi connectivity index (χ1v) is 4.71. The van der Waals surface area contributed by atoms with Crippen LogP contribution in [-0.4, -0.2) is 11.2 Å². The van der Waals surface area contributed by atoms with E-state index in [2.05, 4.69) is 13.2 Å². The van der Waals surface area contributed by atoms with Crippen LogP contribution in [0.3, 0.4) is 0 Å². The maximum absolute atomic E-state index is 9.87. The lowest BCUT2D eigenvalue weighted by Crippen LogP contribution is -2.16. The van der Waals surface area contributed by atoms with Gasteiger partial charge in [0.05, 0.1) is 6.10 Å². The predicted molar refractivity (Wildman–Crippen MR) is 60.2 cm³/mol. The highest BCUT2D eigenvalue weighted by Crippen LogP contribution is 2.22. The lowest BCUT2D eigenvalue weighted by molar-refractivity contribution is 0.189. The topological polar surface area (TPSA) is 20.2 Å². The smallest absolute Gasteiger partial charge is 0.0849 e. The first kappa shape index (κ1) is 10.7. The van der Waals surface area contributed by atoms with Crippen LogP contribution in [0.4, 0.5) is 0 Å². The van der Waals surface area contributed by atoms with Crippen LogP contribution in [0.2, 0.25) is 0 Å². The minimum Gasteiger partial charge on any atom is -0.388 e. The van der Waals surface area contributed by atoms with E-state index in [1.807, 2.05) is 37.3 Å². The fraction of sp³-hybridized carbons (Fsp3) is 0.231. The summed E-state index contributed by atoms with van der Waals surface area (Å²) in [5.74, 6) is 0.0571. The third-order valence-corrected chi connectivity index (χ3v) is 2.44. The van der Waals surface area contributed by atoms with Crippen molar-refractivity contribution < 1.29 is 5.11 Å². The molecule has 1 nitrogen and oxygen atoms in total. The molecular weight excluding hydrogens is 172 g/mol. The number of aliphatic hydroxyl groups excluding tert-OH is 1. The van der Waals surface area contributed by atoms with Crippen LogP contribution in [-0.2, 0) is 0 Å². The molecule has 1 aromatic carbocycles. The van der Waals surface area contributed by atoms with Gasteiger partial charge in [0.25, 0.3) is 0 Å². The fourth-order valence-electron chi connectivity index (χ4n) is 1.38. The Morgan fingerprint density at radius 2 is 1.93 bits per heavy atom. The molecule has 0 fully saturated rings. The molecule has 0 saturated heterocycles. The number of hydrogen-bond acceptors (Lipinski definition) is 1. The minimum atomic E-state index is -0.546. The Bertz CT molecular complexity index is 313. The second-order valence-corrected chi connectivity index (χ2v) is 3.42. The van der Waals surface area contributed by atoms with Crippen molar-refractivity contribution in [1.82, 2.24) is 0 Å². The largest absolute Gasteiger partial charge is 0.388 e. The highest BCUT2D eigenvalue weighted by molar-refractivity contribution is 5.26. The third-order valence-electron chi connectivity index (χ3n) is 2.44. The molecule has 0 heterocycles. The molecular formula is C13H16O. The molecule has 1 aromatic rings. The van der Waals surface area contributed by atoms with Gasteiger partial charge in [-0.25, -0.2) is 0 Å². The summed E-state index contributed by atoms with van der Waals surface area (Å²) in [4.78, 5) is 0. The summed E-state index contributed by atoms with van der Waals surface area (Å²) in [6, 6.07) is 9.91. The Morgan fingerprint density at radius 3 is 2.43 bits per heavy atom. The van der Waals surface area contributed by atoms with E-state index in [1.165, 1.54) is 0 Å². The Morgan fingerprint density at radius 1 is 1.36 bits per heavy atom. The van der Waals surface area contributed by atoms with E-state index in [0.717, 1.165) is 5.56 Å². The van der Waals surface area contributed by atoms with Crippen molar-refractivity contribution in [2.45, 2.75) is 18.9 Å². The summed E-state index contributed by atoms with van der Waals surface area (Å²) < 4.78 is 0. The molecule has 1 N–H and O–H groups in total. The molecule has 14 heavy (non-hydrogen) atoms. The van der Waals surface area contributed by atoms with Gasteiger partial charge in [-0.05, 0) is 11.1 Å². The molecule has 1 heteroatoms. The van der Waals surface area contributed by atoms with E-state index in [9.17, 15) is 5.11 Å². The van der Waals surface area contributed by atoms with E-state index in [4.69, 9.17) is 0 Å². The zero-order valence-electron chi connectivity index (χ0n) is 8.48. The van der Waals surface area contributed by atoms with Crippen molar-refractivity contribution in [1.29, 1.82) is 0 Å². The first-order chi connectivity index (χ1) is 6.66. The van der Waals surface area contributed by atoms with Crippen molar-refractivity contribution in [3.8, 4) is 0 Å². The first-order valence-electron chi connectivity index (χ1n) is 4.71. The van der Waals surface area contributed by atoms with E-state index in [-0.39, 0.29) is 5.92 Å². The van der Waals surface area contributed by atoms with Gasteiger partial charge < -0.3 is 5.11 Å². The maximum Gasteiger partial charge on any atom is 0.0849 e. The SMILES string of the molecule is C=CC(=C)[C@@H](O)[C@@H](C)c1ccccc1. The summed E-state index contributed by atoms with van der Waals surface area (Å²) >= 11 is 0. The van der Waals surface area contributed by atoms with Crippen molar-refractivity contribution >= 4 is 0 Å². The Kier molecular flexibility index (Phi) is 3.66. The van der Waals surface area contributed by atoms with Crippen molar-refractivity contribution in [2.75, 3.05) is 0 Å². The molecule has 0 bridgehead atoms. The van der Waals surface area contributed by atoms with Gasteiger partial charge in [0.2, 0.25) is 0 Å². The van der Waals surface area contributed by atoms with Crippen LogP contribution in [0.15, 0.2) is 55.1 Å². The molecule has 0 spiro atoms. The van der Waals surface area contributed by atoms with Crippen LogP contribution >= 0.6 is 0 Å². The monoisotopic (exact) mass is 188 g/mol. The van der Waals surface area contributed by atoms with Gasteiger partial charge in [-0.1, -0.05) is 56.5 Å². The number of aliphatic hydroxyl groups is 1. The van der Waals surface area contributed by atoms with Crippen LogP contribution in [0.1, 0.15) is 18.4 Å². The summed E-state index contributed by atoms with van der Waals surface area (Å²) in [7, 11) is 0. The molecule has 0 saturated carbocycles. The van der Waals surface area contributed by atoms with Crippen LogP contribution < -0.4 is 0 Å². The van der Waals surface area contributed by atoms with Crippen molar-refractivity contribution in [2.24, 2.45) is 0 Å². The standard InChI is InChI=1S/C13H16O/c1-4-10(2)13(14)11(3)12-8-6-5-7-9-12/h4-9,11,13-14H,1-2H2,3H3/t11-,13+/m0/s1. The Balaban J connectivity index is 2.80. The van der Waals surface area contributed by atoms with Crippen molar-refractivity contribution in [3.05, 3.63) is 60.7 Å². The molecule has 0 unspecified atom stereocenters. The molecule has 2 atom stereocenters. The number of benzene rings is 1. The lowest BCUT2D eigenvalue weighted by atomic mass is 9.91. The fourth-order valence-corrected chi connectivity index (χ4v) is 1.38. The normalized spacial score (nSPS) is 14.4. The van der Waals surface area contributed by atoms with E-state index in [1.54, 1.807) is 6.08 Å². The Hall–Kier alpha value is -1.34. The van der Waals surface area contributed by atoms with Gasteiger partial charge in [0, 0.05) is 5.92 Å². The molecule has 0 aliphatic rings. The van der Waals surface area contributed by atoms with Gasteiger partial charge in [-0.3, -0.25) is 0 Å². The van der Waals surface area contributed by atoms with E-state index in [0.29, 0.717) is 5.57 Å². The Labute approximate surface area is 85.4 Å². The average molecular weight is 188 g/mol. The molecule has 0 aliphatic carbocycles. The number of hydrogen-bond donors (Lipinski definition) is 1. The van der Waals surface area contributed by atoms with Gasteiger partial charge in [0.1, 0.15) is 0 Å². The second-order valence-electron chi connectivity index (χ2n) is 3.42. The molecule has 0 amide bonds. The second kappa shape index (κ2) is 4.77. The van der Waals surface area contributed by atoms with Gasteiger partial charge in [0.15, 0.2) is 0 Å². The van der Waals surface area contributed by atoms with E-state index < -0.39 is 6.10 Å². The average Bonchev–Trinajstić information content (AvgIpc) is 2.27. The summed E-state index contributed by atoms with van der Waals surface area (Å²) in [5.41, 5.74) is 1.78. The summed E-state index contributed by atoms with van der Waals surface area (Å²) in [6.07, 6.45) is 1.05. The third kappa shape index (κ3) is 2.33. The van der Waals surface area contributed by atoms with Crippen LogP contribution in [0.25, 0.3) is 0 Å². The summed E-state index contributed by atoms with van der Waals surface area (Å²) in [6.45, 7) is 9.33. The number of rotatable bonds is 4. The minimum absolute atomic E-state index is 0.0571. The molecule has 0 aliphatic heterocycles. The van der Waals surface area contributed by atoms with Crippen LogP contribution in [0, 0.1) is 0 Å². The molecule has 0 radical (unpaired) electrons. The van der Waals surface area contributed by atoms with Gasteiger partial charge in [-0.2, -0.15) is 0 Å². The quantitative estimate of drug-likeness (QED) is 0.720.